The van der Waals surface area contributed by atoms with E-state index < -0.39 is 12.1 Å². The first-order valence-electron chi connectivity index (χ1n) is 10.9. The first-order chi connectivity index (χ1) is 15.1. The third kappa shape index (κ3) is 3.68. The Kier molecular flexibility index (Phi) is 5.77. The number of alkyl halides is 3. The lowest BCUT2D eigenvalue weighted by Gasteiger charge is -2.56. The fourth-order valence-corrected chi connectivity index (χ4v) is 6.11. The summed E-state index contributed by atoms with van der Waals surface area (Å²) >= 11 is 0. The highest BCUT2D eigenvalue weighted by Gasteiger charge is 2.53. The Balaban J connectivity index is 0.000000307. The van der Waals surface area contributed by atoms with E-state index in [4.69, 9.17) is 14.6 Å². The second kappa shape index (κ2) is 8.13. The van der Waals surface area contributed by atoms with Gasteiger partial charge in [0.15, 0.2) is 11.5 Å². The molecule has 3 N–H and O–H groups in total. The number of rotatable bonds is 0. The topological polar surface area (TPSA) is 99.1 Å². The van der Waals surface area contributed by atoms with E-state index in [1.165, 1.54) is 36.8 Å². The Labute approximate surface area is 183 Å². The summed E-state index contributed by atoms with van der Waals surface area (Å²) in [7, 11) is 0. The normalized spacial score (nSPS) is 28.2. The molecule has 1 aromatic carbocycles. The number of halogens is 3. The molecular weight excluding hydrogens is 429 g/mol. The zero-order valence-electron chi connectivity index (χ0n) is 17.8. The number of carboxylic acid groups (broad SMARTS) is 1. The molecule has 1 amide bonds. The summed E-state index contributed by atoms with van der Waals surface area (Å²) in [5.74, 6) is -1.37. The molecule has 32 heavy (non-hydrogen) atoms. The highest BCUT2D eigenvalue weighted by molar-refractivity contribution is 5.96. The maximum Gasteiger partial charge on any atom is 0.490 e. The lowest BCUT2D eigenvalue weighted by molar-refractivity contribution is -0.192. The molecule has 7 nitrogen and oxygen atoms in total. The van der Waals surface area contributed by atoms with Crippen LogP contribution >= 0.6 is 0 Å². The fourth-order valence-electron chi connectivity index (χ4n) is 6.11. The molecule has 1 saturated heterocycles. The highest BCUT2D eigenvalue weighted by atomic mass is 19.4. The zero-order chi connectivity index (χ0) is 23.3. The number of amides is 1. The fraction of sp³-hybridized carbons (Fsp3) is 0.636. The minimum Gasteiger partial charge on any atom is -0.504 e. The molecule has 0 radical (unpaired) electrons. The predicted octanol–water partition coefficient (Wildman–Crippen LogP) is 3.12. The number of phenolic OH excluding ortho intramolecular Hbond substituents is 1. The lowest BCUT2D eigenvalue weighted by Crippen LogP contribution is -2.59. The van der Waals surface area contributed by atoms with Crippen LogP contribution in [0.3, 0.4) is 0 Å². The highest BCUT2D eigenvalue weighted by Crippen LogP contribution is 2.58. The van der Waals surface area contributed by atoms with E-state index in [0.29, 0.717) is 30.9 Å². The summed E-state index contributed by atoms with van der Waals surface area (Å²) in [6.07, 6.45) is 1.99. The van der Waals surface area contributed by atoms with Crippen LogP contribution in [-0.4, -0.2) is 54.0 Å². The van der Waals surface area contributed by atoms with Gasteiger partial charge in [-0.2, -0.15) is 13.2 Å². The summed E-state index contributed by atoms with van der Waals surface area (Å²) in [5.41, 5.74) is 3.53. The van der Waals surface area contributed by atoms with Crippen LogP contribution in [0.1, 0.15) is 50.2 Å². The number of carbonyl (C=O) groups excluding carboxylic acids is 1. The van der Waals surface area contributed by atoms with E-state index in [1.807, 2.05) is 11.0 Å². The van der Waals surface area contributed by atoms with Crippen molar-refractivity contribution in [1.29, 1.82) is 0 Å². The largest absolute Gasteiger partial charge is 0.504 e. The Morgan fingerprint density at radius 3 is 2.66 bits per heavy atom. The summed E-state index contributed by atoms with van der Waals surface area (Å²) < 4.78 is 37.5. The average Bonchev–Trinajstić information content (AvgIpc) is 2.74. The van der Waals surface area contributed by atoms with Gasteiger partial charge >= 0.3 is 12.1 Å². The standard InChI is InChI=1S/C20H26N2O3.C2HF3O2/c1-12(23)22-8-9-25-19-17(24)11-15-13(18(19)22)10-16-14-4-2-3-5-20(14,15)6-7-21-16;3-2(4,5)1(6)7/h11,14,16,21,24H,2-10H2,1H3;(H,6,7)/t14-,16+,20+;/m1./s1. The molecule has 4 aliphatic rings. The summed E-state index contributed by atoms with van der Waals surface area (Å²) in [6, 6.07) is 2.45. The van der Waals surface area contributed by atoms with Crippen molar-refractivity contribution < 1.29 is 37.7 Å². The van der Waals surface area contributed by atoms with Crippen molar-refractivity contribution >= 4 is 17.6 Å². The number of hydrogen-bond acceptors (Lipinski definition) is 5. The van der Waals surface area contributed by atoms with Crippen LogP contribution in [0.15, 0.2) is 6.07 Å². The Morgan fingerprint density at radius 2 is 2.00 bits per heavy atom. The van der Waals surface area contributed by atoms with Crippen molar-refractivity contribution in [1.82, 2.24) is 5.32 Å². The number of aromatic hydroxyl groups is 1. The van der Waals surface area contributed by atoms with Crippen molar-refractivity contribution in [2.75, 3.05) is 24.6 Å². The summed E-state index contributed by atoms with van der Waals surface area (Å²) in [6.45, 7) is 3.65. The third-order valence-corrected chi connectivity index (χ3v) is 7.32. The number of piperidine rings is 1. The predicted molar refractivity (Wildman–Crippen MR) is 109 cm³/mol. The molecule has 0 spiro atoms. The van der Waals surface area contributed by atoms with Gasteiger partial charge in [0, 0.05) is 18.4 Å². The van der Waals surface area contributed by atoms with E-state index in [0.717, 1.165) is 25.1 Å². The number of nitrogens with zero attached hydrogens (tertiary/aromatic N) is 1. The Morgan fingerprint density at radius 1 is 1.28 bits per heavy atom. The van der Waals surface area contributed by atoms with Crippen LogP contribution in [0.2, 0.25) is 0 Å². The molecule has 1 aromatic rings. The maximum absolute atomic E-state index is 12.3. The number of anilines is 1. The molecule has 5 rings (SSSR count). The van der Waals surface area contributed by atoms with Crippen LogP contribution in [-0.2, 0) is 21.4 Å². The van der Waals surface area contributed by atoms with Gasteiger partial charge in [-0.3, -0.25) is 4.79 Å². The van der Waals surface area contributed by atoms with E-state index in [9.17, 15) is 23.1 Å². The summed E-state index contributed by atoms with van der Waals surface area (Å²) in [4.78, 5) is 23.0. The van der Waals surface area contributed by atoms with Gasteiger partial charge in [0.25, 0.3) is 0 Å². The molecule has 1 saturated carbocycles. The lowest BCUT2D eigenvalue weighted by atomic mass is 9.52. The molecule has 3 atom stereocenters. The van der Waals surface area contributed by atoms with Crippen LogP contribution < -0.4 is 15.0 Å². The molecule has 2 heterocycles. The molecule has 10 heteroatoms. The average molecular weight is 456 g/mol. The van der Waals surface area contributed by atoms with E-state index >= 15 is 0 Å². The molecule has 0 unspecified atom stereocenters. The number of nitrogens with one attached hydrogen (secondary N) is 1. The minimum absolute atomic E-state index is 0.0266. The van der Waals surface area contributed by atoms with Gasteiger partial charge in [0.2, 0.25) is 5.91 Å². The SMILES string of the molecule is CC(=O)N1CCOc2c(O)cc3c(c21)C[C@@H]1NCC[C@]32CCCC[C@H]12.O=C(O)C(F)(F)F. The zero-order valence-corrected chi connectivity index (χ0v) is 17.8. The van der Waals surface area contributed by atoms with Crippen LogP contribution in [0.4, 0.5) is 18.9 Å². The van der Waals surface area contributed by atoms with Crippen molar-refractivity contribution in [3.8, 4) is 11.5 Å². The van der Waals surface area contributed by atoms with Crippen LogP contribution in [0, 0.1) is 5.92 Å². The second-order valence-corrected chi connectivity index (χ2v) is 8.94. The number of aliphatic carboxylic acids is 1. The quantitative estimate of drug-likeness (QED) is 0.555. The number of benzene rings is 1. The molecular formula is C22H27F3N2O5. The van der Waals surface area contributed by atoms with Crippen molar-refractivity contribution in [2.45, 2.75) is 63.1 Å². The number of carbonyl (C=O) groups is 2. The van der Waals surface area contributed by atoms with E-state index in [2.05, 4.69) is 5.32 Å². The van der Waals surface area contributed by atoms with E-state index in [1.54, 1.807) is 6.92 Å². The minimum atomic E-state index is -5.08. The van der Waals surface area contributed by atoms with Gasteiger partial charge in [-0.05, 0) is 55.3 Å². The van der Waals surface area contributed by atoms with Gasteiger partial charge in [0.05, 0.1) is 12.2 Å². The van der Waals surface area contributed by atoms with Crippen LogP contribution in [0.5, 0.6) is 11.5 Å². The monoisotopic (exact) mass is 456 g/mol. The van der Waals surface area contributed by atoms with Crippen molar-refractivity contribution in [2.24, 2.45) is 5.92 Å². The Hall–Kier alpha value is -2.49. The van der Waals surface area contributed by atoms with Gasteiger partial charge < -0.3 is 25.2 Å². The third-order valence-electron chi connectivity index (χ3n) is 7.32. The molecule has 176 valence electrons. The van der Waals surface area contributed by atoms with E-state index in [-0.39, 0.29) is 17.1 Å². The number of ether oxygens (including phenoxy) is 1. The smallest absolute Gasteiger partial charge is 0.490 e. The van der Waals surface area contributed by atoms with Crippen molar-refractivity contribution in [3.05, 3.63) is 17.2 Å². The number of fused-ring (bicyclic) bond motifs is 3. The van der Waals surface area contributed by atoms with Gasteiger partial charge in [-0.25, -0.2) is 4.79 Å². The van der Waals surface area contributed by atoms with Gasteiger partial charge in [-0.1, -0.05) is 12.8 Å². The van der Waals surface area contributed by atoms with Gasteiger partial charge in [-0.15, -0.1) is 0 Å². The molecule has 2 bridgehead atoms. The molecule has 2 aliphatic heterocycles. The molecule has 0 aromatic heterocycles. The Bertz CT molecular complexity index is 931. The number of hydrogen-bond donors (Lipinski definition) is 3. The second-order valence-electron chi connectivity index (χ2n) is 8.94. The first kappa shape index (κ1) is 22.7. The molecule has 2 aliphatic carbocycles. The summed E-state index contributed by atoms with van der Waals surface area (Å²) in [5, 5.41) is 21.6. The number of phenols is 1. The maximum atomic E-state index is 12.3. The van der Waals surface area contributed by atoms with Crippen molar-refractivity contribution in [3.63, 3.8) is 0 Å². The van der Waals surface area contributed by atoms with Gasteiger partial charge in [0.1, 0.15) is 6.61 Å². The first-order valence-corrected chi connectivity index (χ1v) is 10.9. The number of carboxylic acids is 1. The van der Waals surface area contributed by atoms with Crippen LogP contribution in [0.25, 0.3) is 0 Å². The molecule has 2 fully saturated rings.